The van der Waals surface area contributed by atoms with Crippen LogP contribution in [0.25, 0.3) is 11.6 Å². The van der Waals surface area contributed by atoms with Gasteiger partial charge >= 0.3 is 0 Å². The summed E-state index contributed by atoms with van der Waals surface area (Å²) in [6, 6.07) is 12.1. The van der Waals surface area contributed by atoms with Crippen LogP contribution in [0.4, 0.5) is 4.39 Å². The van der Waals surface area contributed by atoms with Crippen LogP contribution in [0.5, 0.6) is 0 Å². The summed E-state index contributed by atoms with van der Waals surface area (Å²) in [4.78, 5) is 0.944. The second kappa shape index (κ2) is 4.73. The molecule has 0 amide bonds. The van der Waals surface area contributed by atoms with Crippen LogP contribution in [-0.2, 0) is 0 Å². The first-order valence-electron chi connectivity index (χ1n) is 4.71. The van der Waals surface area contributed by atoms with Crippen molar-refractivity contribution in [1.82, 2.24) is 0 Å². The Morgan fingerprint density at radius 3 is 2.69 bits per heavy atom. The van der Waals surface area contributed by atoms with Gasteiger partial charge in [-0.25, -0.2) is 4.39 Å². The van der Waals surface area contributed by atoms with Gasteiger partial charge in [-0.05, 0) is 23.6 Å². The van der Waals surface area contributed by atoms with Crippen LogP contribution in [0, 0.1) is 17.1 Å². The fourth-order valence-corrected chi connectivity index (χ4v) is 2.02. The molecule has 1 nitrogen and oxygen atoms in total. The van der Waals surface area contributed by atoms with E-state index in [-0.39, 0.29) is 5.82 Å². The lowest BCUT2D eigenvalue weighted by molar-refractivity contribution is 0.624. The predicted molar refractivity (Wildman–Crippen MR) is 64.2 cm³/mol. The minimum absolute atomic E-state index is 0.346. The van der Waals surface area contributed by atoms with Crippen LogP contribution >= 0.6 is 11.3 Å². The number of benzene rings is 1. The fourth-order valence-electron chi connectivity index (χ4n) is 1.37. The normalized spacial score (nSPS) is 11.1. The molecule has 0 bridgehead atoms. The highest BCUT2D eigenvalue weighted by molar-refractivity contribution is 7.10. The van der Waals surface area contributed by atoms with Gasteiger partial charge in [0.05, 0.1) is 11.6 Å². The second-order valence-electron chi connectivity index (χ2n) is 3.17. The number of thiophene rings is 1. The van der Waals surface area contributed by atoms with Crippen molar-refractivity contribution in [1.29, 1.82) is 5.26 Å². The molecule has 0 aliphatic carbocycles. The molecule has 0 aliphatic rings. The minimum atomic E-state index is -0.369. The smallest absolute Gasteiger partial charge is 0.131 e. The number of halogens is 1. The van der Waals surface area contributed by atoms with E-state index in [9.17, 15) is 4.39 Å². The highest BCUT2D eigenvalue weighted by Gasteiger charge is 2.06. The average molecular weight is 229 g/mol. The predicted octanol–water partition coefficient (Wildman–Crippen LogP) is 3.95. The van der Waals surface area contributed by atoms with Crippen LogP contribution < -0.4 is 0 Å². The van der Waals surface area contributed by atoms with E-state index in [2.05, 4.69) is 0 Å². The van der Waals surface area contributed by atoms with Crippen LogP contribution in [0.1, 0.15) is 10.4 Å². The van der Waals surface area contributed by atoms with Crippen LogP contribution in [0.3, 0.4) is 0 Å². The van der Waals surface area contributed by atoms with Crippen LogP contribution in [0.15, 0.2) is 41.8 Å². The number of nitrogens with zero attached hydrogens (tertiary/aromatic N) is 1. The third-order valence-electron chi connectivity index (χ3n) is 2.11. The van der Waals surface area contributed by atoms with Gasteiger partial charge in [0.2, 0.25) is 0 Å². The summed E-state index contributed by atoms with van der Waals surface area (Å²) in [5, 5.41) is 10.9. The van der Waals surface area contributed by atoms with Gasteiger partial charge in [-0.3, -0.25) is 0 Å². The molecular formula is C13H8FNS. The van der Waals surface area contributed by atoms with Gasteiger partial charge in [0.25, 0.3) is 0 Å². The zero-order valence-corrected chi connectivity index (χ0v) is 9.17. The second-order valence-corrected chi connectivity index (χ2v) is 4.14. The van der Waals surface area contributed by atoms with Gasteiger partial charge < -0.3 is 0 Å². The van der Waals surface area contributed by atoms with E-state index in [1.807, 2.05) is 23.6 Å². The van der Waals surface area contributed by atoms with E-state index in [4.69, 9.17) is 5.26 Å². The van der Waals surface area contributed by atoms with Crippen molar-refractivity contribution in [3.8, 4) is 6.07 Å². The highest BCUT2D eigenvalue weighted by atomic mass is 32.1. The third kappa shape index (κ3) is 2.18. The zero-order valence-electron chi connectivity index (χ0n) is 8.35. The van der Waals surface area contributed by atoms with Crippen LogP contribution in [0.2, 0.25) is 0 Å². The standard InChI is InChI=1S/C13H8FNS/c14-13-6-2-1-5-12(13)10(9-15)8-11-4-3-7-16-11/h1-8H/b10-8-. The van der Waals surface area contributed by atoms with Gasteiger partial charge in [-0.2, -0.15) is 5.26 Å². The maximum atomic E-state index is 13.5. The Hall–Kier alpha value is -1.92. The number of allylic oxidation sites excluding steroid dienone is 1. The fraction of sp³-hybridized carbons (Fsp3) is 0. The summed E-state index contributed by atoms with van der Waals surface area (Å²) >= 11 is 1.52. The van der Waals surface area contributed by atoms with E-state index in [0.717, 1.165) is 4.88 Å². The first-order chi connectivity index (χ1) is 7.81. The molecule has 2 aromatic rings. The lowest BCUT2D eigenvalue weighted by Crippen LogP contribution is -1.86. The Morgan fingerprint density at radius 2 is 2.06 bits per heavy atom. The van der Waals surface area contributed by atoms with Gasteiger partial charge in [-0.15, -0.1) is 11.3 Å². The van der Waals surface area contributed by atoms with Crippen molar-refractivity contribution >= 4 is 23.0 Å². The molecule has 0 fully saturated rings. The van der Waals surface area contributed by atoms with Crippen LogP contribution in [-0.4, -0.2) is 0 Å². The minimum Gasteiger partial charge on any atom is -0.206 e. The third-order valence-corrected chi connectivity index (χ3v) is 2.93. The highest BCUT2D eigenvalue weighted by Crippen LogP contribution is 2.22. The Balaban J connectivity index is 2.46. The number of hydrogen-bond donors (Lipinski definition) is 0. The molecule has 1 heterocycles. The van der Waals surface area contributed by atoms with Crippen molar-refractivity contribution in [3.63, 3.8) is 0 Å². The van der Waals surface area contributed by atoms with Crippen molar-refractivity contribution in [2.45, 2.75) is 0 Å². The zero-order chi connectivity index (χ0) is 11.4. The summed E-state index contributed by atoms with van der Waals surface area (Å²) in [5.41, 5.74) is 0.693. The van der Waals surface area contributed by atoms with Crippen molar-refractivity contribution < 1.29 is 4.39 Å². The molecule has 78 valence electrons. The monoisotopic (exact) mass is 229 g/mol. The van der Waals surface area contributed by atoms with Crippen molar-refractivity contribution in [3.05, 3.63) is 58.0 Å². The molecule has 2 rings (SSSR count). The number of nitriles is 1. The lowest BCUT2D eigenvalue weighted by atomic mass is 10.1. The number of hydrogen-bond acceptors (Lipinski definition) is 2. The summed E-state index contributed by atoms with van der Waals surface area (Å²) in [6.45, 7) is 0. The summed E-state index contributed by atoms with van der Waals surface area (Å²) in [6.07, 6.45) is 1.70. The van der Waals surface area contributed by atoms with Crippen molar-refractivity contribution in [2.75, 3.05) is 0 Å². The van der Waals surface area contributed by atoms with E-state index >= 15 is 0 Å². The van der Waals surface area contributed by atoms with E-state index < -0.39 is 0 Å². The lowest BCUT2D eigenvalue weighted by Gasteiger charge is -1.99. The van der Waals surface area contributed by atoms with E-state index in [1.165, 1.54) is 17.4 Å². The quantitative estimate of drug-likeness (QED) is 0.715. The summed E-state index contributed by atoms with van der Waals surface area (Å²) in [5.74, 6) is -0.369. The SMILES string of the molecule is N#C/C(=C/c1cccs1)c1ccccc1F. The van der Waals surface area contributed by atoms with Gasteiger partial charge in [-0.1, -0.05) is 24.3 Å². The molecule has 0 atom stereocenters. The molecule has 16 heavy (non-hydrogen) atoms. The molecule has 0 N–H and O–H groups in total. The first kappa shape index (κ1) is 10.6. The molecular weight excluding hydrogens is 221 g/mol. The summed E-state index contributed by atoms with van der Waals surface area (Å²) in [7, 11) is 0. The molecule has 0 radical (unpaired) electrons. The molecule has 0 unspecified atom stereocenters. The first-order valence-corrected chi connectivity index (χ1v) is 5.59. The number of rotatable bonds is 2. The summed E-state index contributed by atoms with van der Waals surface area (Å²) < 4.78 is 13.5. The molecule has 0 saturated carbocycles. The molecule has 0 saturated heterocycles. The van der Waals surface area contributed by atoms with Gasteiger partial charge in [0, 0.05) is 10.4 Å². The molecule has 1 aromatic carbocycles. The maximum absolute atomic E-state index is 13.5. The van der Waals surface area contributed by atoms with E-state index in [0.29, 0.717) is 11.1 Å². The Kier molecular flexibility index (Phi) is 3.13. The van der Waals surface area contributed by atoms with Crippen molar-refractivity contribution in [2.24, 2.45) is 0 Å². The topological polar surface area (TPSA) is 23.8 Å². The average Bonchev–Trinajstić information content (AvgIpc) is 2.80. The molecule has 0 spiro atoms. The molecule has 0 aliphatic heterocycles. The molecule has 3 heteroatoms. The Morgan fingerprint density at radius 1 is 1.25 bits per heavy atom. The Labute approximate surface area is 97.1 Å². The van der Waals surface area contributed by atoms with E-state index in [1.54, 1.807) is 24.3 Å². The van der Waals surface area contributed by atoms with Gasteiger partial charge in [0.15, 0.2) is 0 Å². The maximum Gasteiger partial charge on any atom is 0.131 e. The largest absolute Gasteiger partial charge is 0.206 e. The van der Waals surface area contributed by atoms with Gasteiger partial charge in [0.1, 0.15) is 5.82 Å². The Bertz CT molecular complexity index is 550. The molecule has 1 aromatic heterocycles.